The van der Waals surface area contributed by atoms with E-state index in [1.54, 1.807) is 7.11 Å². The quantitative estimate of drug-likeness (QED) is 0.345. The van der Waals surface area contributed by atoms with E-state index in [1.165, 1.54) is 18.4 Å². The number of ether oxygens (including phenoxy) is 1. The number of hydrogen-bond acceptors (Lipinski definition) is 3. The van der Waals surface area contributed by atoms with Gasteiger partial charge in [-0.25, -0.2) is 0 Å². The van der Waals surface area contributed by atoms with Gasteiger partial charge in [0.2, 0.25) is 0 Å². The summed E-state index contributed by atoms with van der Waals surface area (Å²) in [4.78, 5) is 0. The highest BCUT2D eigenvalue weighted by Gasteiger charge is 1.99. The van der Waals surface area contributed by atoms with Crippen molar-refractivity contribution in [1.82, 2.24) is 16.2 Å². The van der Waals surface area contributed by atoms with Crippen LogP contribution in [0, 0.1) is 0 Å². The predicted molar refractivity (Wildman–Crippen MR) is 100 cm³/mol. The van der Waals surface area contributed by atoms with E-state index in [0.29, 0.717) is 23.4 Å². The van der Waals surface area contributed by atoms with Crippen molar-refractivity contribution in [3.63, 3.8) is 0 Å². The topological polar surface area (TPSA) is 57.3 Å². The smallest absolute Gasteiger partial charge is 0.189 e. The minimum Gasteiger partial charge on any atom is -0.383 e. The second kappa shape index (κ2) is 11.2. The Bertz CT molecular complexity index is 465. The van der Waals surface area contributed by atoms with Gasteiger partial charge in [-0.1, -0.05) is 25.5 Å². The van der Waals surface area contributed by atoms with Crippen LogP contribution in [0.25, 0.3) is 0 Å². The molecule has 0 saturated heterocycles. The van der Waals surface area contributed by atoms with Gasteiger partial charge < -0.3 is 15.4 Å². The first-order chi connectivity index (χ1) is 10.7. The van der Waals surface area contributed by atoms with Crippen molar-refractivity contribution in [1.29, 1.82) is 0 Å². The molecule has 0 spiro atoms. The van der Waals surface area contributed by atoms with Gasteiger partial charge in [-0.3, -0.25) is 10.9 Å². The summed E-state index contributed by atoms with van der Waals surface area (Å²) in [5.41, 5.74) is 7.93. The van der Waals surface area contributed by atoms with Gasteiger partial charge in [0.15, 0.2) is 10.2 Å². The summed E-state index contributed by atoms with van der Waals surface area (Å²) in [7, 11) is 1.64. The number of aryl methyl sites for hydroxylation is 1. The molecule has 1 aromatic carbocycles. The largest absolute Gasteiger partial charge is 0.383 e. The molecule has 0 saturated carbocycles. The molecular weight excluding hydrogens is 316 g/mol. The molecule has 1 rings (SSSR count). The average molecular weight is 341 g/mol. The second-order valence-corrected chi connectivity index (χ2v) is 5.57. The Morgan fingerprint density at radius 2 is 1.77 bits per heavy atom. The molecule has 0 unspecified atom stereocenters. The molecule has 7 heteroatoms. The summed E-state index contributed by atoms with van der Waals surface area (Å²) in [6.07, 6.45) is 3.53. The fourth-order valence-corrected chi connectivity index (χ4v) is 2.04. The molecule has 0 aliphatic heterocycles. The molecule has 0 atom stereocenters. The van der Waals surface area contributed by atoms with Crippen molar-refractivity contribution in [2.75, 3.05) is 25.6 Å². The number of benzene rings is 1. The Labute approximate surface area is 143 Å². The second-order valence-electron chi connectivity index (χ2n) is 4.75. The molecule has 0 aromatic heterocycles. The minimum atomic E-state index is 0.456. The Kier molecular flexibility index (Phi) is 9.45. The third-order valence-electron chi connectivity index (χ3n) is 2.91. The third kappa shape index (κ3) is 8.11. The highest BCUT2D eigenvalue weighted by molar-refractivity contribution is 7.80. The number of rotatable bonds is 7. The van der Waals surface area contributed by atoms with E-state index in [9.17, 15) is 0 Å². The van der Waals surface area contributed by atoms with E-state index >= 15 is 0 Å². The number of hydrazine groups is 1. The SMILES string of the molecule is CCCCc1ccc(NC(=S)NNC(=S)NCCOC)cc1. The van der Waals surface area contributed by atoms with Gasteiger partial charge in [0.1, 0.15) is 0 Å². The fourth-order valence-electron chi connectivity index (χ4n) is 1.72. The molecule has 0 heterocycles. The van der Waals surface area contributed by atoms with Gasteiger partial charge in [0.05, 0.1) is 6.61 Å². The van der Waals surface area contributed by atoms with Crippen molar-refractivity contribution in [2.24, 2.45) is 0 Å². The van der Waals surface area contributed by atoms with Crippen LogP contribution < -0.4 is 21.5 Å². The van der Waals surface area contributed by atoms with Crippen LogP contribution in [-0.4, -0.2) is 30.5 Å². The third-order valence-corrected chi connectivity index (χ3v) is 3.36. The maximum absolute atomic E-state index is 5.20. The predicted octanol–water partition coefficient (Wildman–Crippen LogP) is 2.34. The molecule has 1 aromatic rings. The maximum Gasteiger partial charge on any atom is 0.189 e. The van der Waals surface area contributed by atoms with Crippen molar-refractivity contribution in [3.05, 3.63) is 29.8 Å². The lowest BCUT2D eigenvalue weighted by molar-refractivity contribution is 0.204. The van der Waals surface area contributed by atoms with Gasteiger partial charge in [-0.2, -0.15) is 0 Å². The van der Waals surface area contributed by atoms with Crippen molar-refractivity contribution >= 4 is 40.3 Å². The molecule has 0 radical (unpaired) electrons. The maximum atomic E-state index is 5.20. The summed E-state index contributed by atoms with van der Waals surface area (Å²) in [5, 5.41) is 6.99. The first-order valence-corrected chi connectivity index (χ1v) is 8.16. The first-order valence-electron chi connectivity index (χ1n) is 7.34. The minimum absolute atomic E-state index is 0.456. The summed E-state index contributed by atoms with van der Waals surface area (Å²) in [6, 6.07) is 8.28. The summed E-state index contributed by atoms with van der Waals surface area (Å²) >= 11 is 10.3. The highest BCUT2D eigenvalue weighted by Crippen LogP contribution is 2.11. The van der Waals surface area contributed by atoms with E-state index in [0.717, 1.165) is 12.1 Å². The zero-order valence-corrected chi connectivity index (χ0v) is 14.7. The Hall–Kier alpha value is -1.44. The van der Waals surface area contributed by atoms with Gasteiger partial charge in [0.25, 0.3) is 0 Å². The highest BCUT2D eigenvalue weighted by atomic mass is 32.1. The monoisotopic (exact) mass is 340 g/mol. The standard InChI is InChI=1S/C15H24N4OS2/c1-3-4-5-12-6-8-13(9-7-12)17-15(22)19-18-14(21)16-10-11-20-2/h6-9H,3-5,10-11H2,1-2H3,(H2,16,18,21)(H2,17,19,22). The molecule has 0 fully saturated rings. The number of unbranched alkanes of at least 4 members (excludes halogenated alkanes) is 1. The Balaban J connectivity index is 2.28. The Morgan fingerprint density at radius 1 is 1.09 bits per heavy atom. The lowest BCUT2D eigenvalue weighted by atomic mass is 10.1. The van der Waals surface area contributed by atoms with Crippen molar-refractivity contribution < 1.29 is 4.74 Å². The molecular formula is C15H24N4OS2. The molecule has 0 aliphatic carbocycles. The van der Waals surface area contributed by atoms with Gasteiger partial charge >= 0.3 is 0 Å². The molecule has 22 heavy (non-hydrogen) atoms. The van der Waals surface area contributed by atoms with Crippen LogP contribution >= 0.6 is 24.4 Å². The average Bonchev–Trinajstić information content (AvgIpc) is 2.52. The van der Waals surface area contributed by atoms with Gasteiger partial charge in [-0.15, -0.1) is 0 Å². The summed E-state index contributed by atoms with van der Waals surface area (Å²) < 4.78 is 4.92. The number of nitrogens with one attached hydrogen (secondary N) is 4. The summed E-state index contributed by atoms with van der Waals surface area (Å²) in [5.74, 6) is 0. The molecule has 0 amide bonds. The number of methoxy groups -OCH3 is 1. The molecule has 4 N–H and O–H groups in total. The fraction of sp³-hybridized carbons (Fsp3) is 0.467. The van der Waals surface area contributed by atoms with Gasteiger partial charge in [-0.05, 0) is 55.0 Å². The normalized spacial score (nSPS) is 9.91. The summed E-state index contributed by atoms with van der Waals surface area (Å²) in [6.45, 7) is 3.43. The van der Waals surface area contributed by atoms with Crippen molar-refractivity contribution in [2.45, 2.75) is 26.2 Å². The zero-order valence-electron chi connectivity index (χ0n) is 13.1. The lowest BCUT2D eigenvalue weighted by Crippen LogP contribution is -2.48. The van der Waals surface area contributed by atoms with Crippen molar-refractivity contribution in [3.8, 4) is 0 Å². The van der Waals surface area contributed by atoms with E-state index in [-0.39, 0.29) is 0 Å². The zero-order chi connectivity index (χ0) is 16.2. The number of thiocarbonyl (C=S) groups is 2. The van der Waals surface area contributed by atoms with E-state index in [2.05, 4.69) is 40.5 Å². The van der Waals surface area contributed by atoms with Crippen LogP contribution in [0.15, 0.2) is 24.3 Å². The van der Waals surface area contributed by atoms with Crippen LogP contribution in [0.1, 0.15) is 25.3 Å². The van der Waals surface area contributed by atoms with Gasteiger partial charge in [0, 0.05) is 19.3 Å². The first kappa shape index (κ1) is 18.6. The lowest BCUT2D eigenvalue weighted by Gasteiger charge is -2.14. The van der Waals surface area contributed by atoms with Crippen LogP contribution in [0.4, 0.5) is 5.69 Å². The van der Waals surface area contributed by atoms with E-state index in [1.807, 2.05) is 12.1 Å². The number of anilines is 1. The number of hydrogen-bond donors (Lipinski definition) is 4. The van der Waals surface area contributed by atoms with Crippen LogP contribution in [-0.2, 0) is 11.2 Å². The molecule has 0 bridgehead atoms. The van der Waals surface area contributed by atoms with Crippen LogP contribution in [0.2, 0.25) is 0 Å². The Morgan fingerprint density at radius 3 is 2.41 bits per heavy atom. The van der Waals surface area contributed by atoms with E-state index in [4.69, 9.17) is 29.2 Å². The molecule has 122 valence electrons. The van der Waals surface area contributed by atoms with Crippen LogP contribution in [0.5, 0.6) is 0 Å². The molecule has 0 aliphatic rings. The molecule has 5 nitrogen and oxygen atoms in total. The van der Waals surface area contributed by atoms with E-state index < -0.39 is 0 Å². The van der Waals surface area contributed by atoms with Crippen LogP contribution in [0.3, 0.4) is 0 Å².